The van der Waals surface area contributed by atoms with Gasteiger partial charge in [0.25, 0.3) is 5.91 Å². The van der Waals surface area contributed by atoms with Crippen LogP contribution in [-0.4, -0.2) is 45.5 Å². The number of benzene rings is 1. The Morgan fingerprint density at radius 2 is 1.84 bits per heavy atom. The van der Waals surface area contributed by atoms with Gasteiger partial charge in [-0.25, -0.2) is 9.67 Å². The molecule has 3 aromatic rings. The highest BCUT2D eigenvalue weighted by atomic mass is 32.2. The van der Waals surface area contributed by atoms with E-state index in [2.05, 4.69) is 47.6 Å². The predicted octanol–water partition coefficient (Wildman–Crippen LogP) is 7.93. The number of ether oxygens (including phenoxy) is 1. The lowest BCUT2D eigenvalue weighted by Gasteiger charge is -2.40. The molecule has 7 nitrogen and oxygen atoms in total. The summed E-state index contributed by atoms with van der Waals surface area (Å²) >= 11 is 1.29. The number of aromatic nitrogens is 3. The van der Waals surface area contributed by atoms with Crippen molar-refractivity contribution in [3.05, 3.63) is 59.8 Å². The van der Waals surface area contributed by atoms with Crippen molar-refractivity contribution in [1.29, 1.82) is 0 Å². The molecular formula is C32H40F3N5O2S. The number of nitrogens with zero attached hydrogens (tertiary/aromatic N) is 4. The zero-order chi connectivity index (χ0) is 30.7. The second kappa shape index (κ2) is 12.8. The molecule has 3 heterocycles. The monoisotopic (exact) mass is 615 g/mol. The molecule has 1 saturated carbocycles. The molecule has 0 unspecified atom stereocenters. The van der Waals surface area contributed by atoms with Crippen LogP contribution in [0.25, 0.3) is 5.82 Å². The van der Waals surface area contributed by atoms with Crippen LogP contribution in [0.2, 0.25) is 0 Å². The number of fused-ring (bicyclic) bond motifs is 3. The Kier molecular flexibility index (Phi) is 9.29. The molecule has 2 aromatic heterocycles. The highest BCUT2D eigenvalue weighted by molar-refractivity contribution is 7.98. The first kappa shape index (κ1) is 31.2. The van der Waals surface area contributed by atoms with E-state index in [1.807, 2.05) is 12.1 Å². The van der Waals surface area contributed by atoms with Crippen LogP contribution in [0.3, 0.4) is 0 Å². The Labute approximate surface area is 255 Å². The standard InChI is InChI=1S/C32H40F3N5O2S/c1-4-39-28-25(29(41)38-43-24-12-9-11-23(22-24)10-7-5-6-8-16-30(39,2)3)13-14-26(36-28)40-20-15-27(37-40)42-21-19-31(17-18-31)32(33,34)35/h9,11-15,20,22H,4-8,10,16-19,21H2,1-3H3,(H,38,41). The van der Waals surface area contributed by atoms with Crippen molar-refractivity contribution < 1.29 is 22.7 Å². The van der Waals surface area contributed by atoms with Gasteiger partial charge in [0.2, 0.25) is 5.88 Å². The number of alkyl halides is 3. The van der Waals surface area contributed by atoms with E-state index in [0.29, 0.717) is 23.7 Å². The summed E-state index contributed by atoms with van der Waals surface area (Å²) in [7, 11) is 0. The van der Waals surface area contributed by atoms with Crippen molar-refractivity contribution in [3.63, 3.8) is 0 Å². The quantitative estimate of drug-likeness (QED) is 0.284. The Balaban J connectivity index is 1.40. The van der Waals surface area contributed by atoms with E-state index in [0.717, 1.165) is 43.4 Å². The molecule has 0 saturated heterocycles. The SMILES string of the molecule is CCN1c2nc(-n3ccc(OCCC4(C(F)(F)F)CC4)n3)ccc2C(=O)NSc2cccc(c2)CCCCCCC1(C)C. The van der Waals surface area contributed by atoms with E-state index in [-0.39, 0.29) is 43.2 Å². The molecule has 2 aliphatic rings. The molecule has 1 aromatic carbocycles. The third-order valence-electron chi connectivity index (χ3n) is 8.66. The van der Waals surface area contributed by atoms with Crippen LogP contribution in [-0.2, 0) is 6.42 Å². The number of hydrogen-bond donors (Lipinski definition) is 1. The lowest BCUT2D eigenvalue weighted by molar-refractivity contribution is -0.190. The summed E-state index contributed by atoms with van der Waals surface area (Å²) in [6.07, 6.45) is 4.13. The van der Waals surface area contributed by atoms with Crippen LogP contribution in [0.5, 0.6) is 5.88 Å². The average Bonchev–Trinajstić information content (AvgIpc) is 3.63. The largest absolute Gasteiger partial charge is 0.477 e. The summed E-state index contributed by atoms with van der Waals surface area (Å²) in [5.74, 6) is 1.03. The van der Waals surface area contributed by atoms with Gasteiger partial charge < -0.3 is 9.64 Å². The van der Waals surface area contributed by atoms with Crippen molar-refractivity contribution in [3.8, 4) is 11.7 Å². The molecule has 5 rings (SSSR count). The fourth-order valence-electron chi connectivity index (χ4n) is 5.80. The van der Waals surface area contributed by atoms with E-state index in [1.54, 1.807) is 24.4 Å². The molecule has 1 amide bonds. The first-order valence-corrected chi connectivity index (χ1v) is 15.9. The number of hydrogen-bond acceptors (Lipinski definition) is 6. The summed E-state index contributed by atoms with van der Waals surface area (Å²) in [4.78, 5) is 21.7. The average molecular weight is 616 g/mol. The summed E-state index contributed by atoms with van der Waals surface area (Å²) in [6.45, 7) is 7.01. The van der Waals surface area contributed by atoms with E-state index < -0.39 is 11.6 Å². The zero-order valence-corrected chi connectivity index (χ0v) is 25.9. The summed E-state index contributed by atoms with van der Waals surface area (Å²) in [5, 5.41) is 4.42. The van der Waals surface area contributed by atoms with E-state index >= 15 is 0 Å². The second-order valence-corrected chi connectivity index (χ2v) is 13.0. The van der Waals surface area contributed by atoms with Gasteiger partial charge in [0, 0.05) is 29.2 Å². The molecule has 2 bridgehead atoms. The lowest BCUT2D eigenvalue weighted by atomic mass is 9.93. The van der Waals surface area contributed by atoms with E-state index in [1.165, 1.54) is 22.2 Å². The van der Waals surface area contributed by atoms with Crippen LogP contribution >= 0.6 is 11.9 Å². The summed E-state index contributed by atoms with van der Waals surface area (Å²) in [5.41, 5.74) is -0.151. The van der Waals surface area contributed by atoms with Gasteiger partial charge in [-0.1, -0.05) is 31.4 Å². The van der Waals surface area contributed by atoms with Crippen molar-refractivity contribution >= 4 is 23.7 Å². The van der Waals surface area contributed by atoms with Crippen molar-refractivity contribution in [2.45, 2.75) is 95.2 Å². The zero-order valence-electron chi connectivity index (χ0n) is 25.0. The normalized spacial score (nSPS) is 18.9. The maximum atomic E-state index is 13.6. The number of carbonyl (C=O) groups excluding carboxylic acids is 1. The third-order valence-corrected chi connectivity index (χ3v) is 9.43. The molecule has 1 aliphatic heterocycles. The summed E-state index contributed by atoms with van der Waals surface area (Å²) < 4.78 is 50.0. The number of rotatable bonds is 6. The number of pyridine rings is 1. The van der Waals surface area contributed by atoms with Crippen LogP contribution < -0.4 is 14.4 Å². The molecule has 43 heavy (non-hydrogen) atoms. The molecule has 0 atom stereocenters. The van der Waals surface area contributed by atoms with E-state index in [4.69, 9.17) is 9.72 Å². The van der Waals surface area contributed by atoms with Gasteiger partial charge in [-0.3, -0.25) is 9.52 Å². The van der Waals surface area contributed by atoms with Crippen molar-refractivity contribution in [1.82, 2.24) is 19.5 Å². The molecule has 1 fully saturated rings. The number of aryl methyl sites for hydroxylation is 1. The fraction of sp³-hybridized carbons (Fsp3) is 0.531. The van der Waals surface area contributed by atoms with Gasteiger partial charge >= 0.3 is 6.18 Å². The Bertz CT molecular complexity index is 1420. The van der Waals surface area contributed by atoms with E-state index in [9.17, 15) is 18.0 Å². The number of carbonyl (C=O) groups is 1. The number of halogens is 3. The van der Waals surface area contributed by atoms with Gasteiger partial charge in [0.15, 0.2) is 5.82 Å². The topological polar surface area (TPSA) is 72.3 Å². The first-order valence-electron chi connectivity index (χ1n) is 15.1. The Morgan fingerprint density at radius 1 is 1.05 bits per heavy atom. The highest BCUT2D eigenvalue weighted by Gasteiger charge is 2.62. The Hall–Kier alpha value is -3.21. The van der Waals surface area contributed by atoms with Gasteiger partial charge in [0.05, 0.1) is 17.6 Å². The fourth-order valence-corrected chi connectivity index (χ4v) is 6.48. The molecule has 11 heteroatoms. The van der Waals surface area contributed by atoms with Crippen LogP contribution in [0.4, 0.5) is 19.0 Å². The minimum absolute atomic E-state index is 0.0628. The van der Waals surface area contributed by atoms with Crippen LogP contribution in [0.1, 0.15) is 88.1 Å². The van der Waals surface area contributed by atoms with Crippen LogP contribution in [0.15, 0.2) is 53.6 Å². The smallest absolute Gasteiger partial charge is 0.394 e. The maximum Gasteiger partial charge on any atom is 0.394 e. The molecule has 232 valence electrons. The molecule has 0 radical (unpaired) electrons. The molecule has 1 aliphatic carbocycles. The first-order chi connectivity index (χ1) is 20.5. The van der Waals surface area contributed by atoms with Crippen LogP contribution in [0, 0.1) is 5.41 Å². The number of amides is 1. The molecular weight excluding hydrogens is 575 g/mol. The molecule has 0 spiro atoms. The number of anilines is 1. The van der Waals surface area contributed by atoms with Gasteiger partial charge in [0.1, 0.15) is 5.82 Å². The van der Waals surface area contributed by atoms with Crippen molar-refractivity contribution in [2.75, 3.05) is 18.1 Å². The highest BCUT2D eigenvalue weighted by Crippen LogP contribution is 2.59. The third kappa shape index (κ3) is 7.30. The predicted molar refractivity (Wildman–Crippen MR) is 163 cm³/mol. The minimum atomic E-state index is -4.21. The van der Waals surface area contributed by atoms with Gasteiger partial charge in [-0.05, 0) is 101 Å². The minimum Gasteiger partial charge on any atom is -0.477 e. The van der Waals surface area contributed by atoms with Gasteiger partial charge in [-0.2, -0.15) is 13.2 Å². The van der Waals surface area contributed by atoms with Crippen molar-refractivity contribution in [2.24, 2.45) is 5.41 Å². The maximum absolute atomic E-state index is 13.6. The summed E-state index contributed by atoms with van der Waals surface area (Å²) in [6, 6.07) is 13.4. The number of nitrogens with one attached hydrogen (secondary N) is 1. The Morgan fingerprint density at radius 3 is 2.58 bits per heavy atom. The lowest BCUT2D eigenvalue weighted by Crippen LogP contribution is -2.45. The second-order valence-electron chi connectivity index (χ2n) is 12.2. The van der Waals surface area contributed by atoms with Gasteiger partial charge in [-0.15, -0.1) is 5.10 Å². The molecule has 1 N–H and O–H groups in total.